The Morgan fingerprint density at radius 2 is 1.50 bits per heavy atom. The van der Waals surface area contributed by atoms with Gasteiger partial charge in [0.25, 0.3) is 5.79 Å². The molecule has 0 aromatic heterocycles. The van der Waals surface area contributed by atoms with Crippen LogP contribution in [0.4, 0.5) is 0 Å². The van der Waals surface area contributed by atoms with E-state index >= 15 is 0 Å². The predicted octanol–water partition coefficient (Wildman–Crippen LogP) is 5.88. The van der Waals surface area contributed by atoms with Crippen LogP contribution >= 0.6 is 0 Å². The van der Waals surface area contributed by atoms with Crippen molar-refractivity contribution in [2.24, 2.45) is 11.8 Å². The van der Waals surface area contributed by atoms with E-state index in [9.17, 15) is 0 Å². The summed E-state index contributed by atoms with van der Waals surface area (Å²) in [4.78, 5) is 11.5. The summed E-state index contributed by atoms with van der Waals surface area (Å²) >= 11 is 0. The van der Waals surface area contributed by atoms with Crippen molar-refractivity contribution in [2.45, 2.75) is 78.0 Å². The molecule has 0 saturated carbocycles. The van der Waals surface area contributed by atoms with Gasteiger partial charge >= 0.3 is 0 Å². The second kappa shape index (κ2) is 6.93. The first-order valence-electron chi connectivity index (χ1n) is 9.56. The highest BCUT2D eigenvalue weighted by molar-refractivity contribution is 6.74. The van der Waals surface area contributed by atoms with Crippen LogP contribution < -0.4 is 4.43 Å². The lowest BCUT2D eigenvalue weighted by molar-refractivity contribution is -0.634. The molecule has 148 valence electrons. The molecule has 0 spiro atoms. The molecule has 1 atom stereocenters. The minimum absolute atomic E-state index is 0.102. The molecule has 1 saturated heterocycles. The third-order valence-electron chi connectivity index (χ3n) is 6.23. The number of benzene rings is 1. The lowest BCUT2D eigenvalue weighted by Crippen LogP contribution is -2.71. The first-order chi connectivity index (χ1) is 11.9. The fourth-order valence-electron chi connectivity index (χ4n) is 3.65. The molecule has 0 N–H and O–H groups in total. The molecule has 1 aromatic carbocycles. The molecule has 2 rings (SSSR count). The van der Waals surface area contributed by atoms with Crippen molar-refractivity contribution in [3.05, 3.63) is 29.8 Å². The van der Waals surface area contributed by atoms with E-state index in [0.717, 1.165) is 11.3 Å². The second-order valence-electron chi connectivity index (χ2n) is 9.45. The lowest BCUT2D eigenvalue weighted by Gasteiger charge is -2.59. The summed E-state index contributed by atoms with van der Waals surface area (Å²) in [6, 6.07) is 8.06. The van der Waals surface area contributed by atoms with E-state index in [1.807, 2.05) is 24.3 Å². The number of rotatable bonds is 6. The minimum Gasteiger partial charge on any atom is -0.543 e. The number of hydrogen-bond donors (Lipinski definition) is 0. The normalized spacial score (nSPS) is 23.2. The molecule has 0 aliphatic carbocycles. The van der Waals surface area contributed by atoms with Crippen LogP contribution in [-0.4, -0.2) is 21.0 Å². The van der Waals surface area contributed by atoms with Gasteiger partial charge < -0.3 is 9.16 Å². The number of ether oxygens (including phenoxy) is 1. The van der Waals surface area contributed by atoms with E-state index in [-0.39, 0.29) is 16.9 Å². The van der Waals surface area contributed by atoms with E-state index in [1.165, 1.54) is 0 Å². The van der Waals surface area contributed by atoms with Gasteiger partial charge in [0.15, 0.2) is 5.60 Å². The summed E-state index contributed by atoms with van der Waals surface area (Å²) in [5, 5.41) is 0.102. The molecule has 0 bridgehead atoms. The molecule has 5 heteroatoms. The Balaban J connectivity index is 2.58. The first kappa shape index (κ1) is 21.4. The van der Waals surface area contributed by atoms with Crippen LogP contribution in [0.3, 0.4) is 0 Å². The van der Waals surface area contributed by atoms with Crippen molar-refractivity contribution in [3.8, 4) is 5.75 Å². The zero-order valence-electron chi connectivity index (χ0n) is 18.1. The Kier molecular flexibility index (Phi) is 5.71. The smallest absolute Gasteiger partial charge is 0.264 e. The molecule has 1 aromatic rings. The summed E-state index contributed by atoms with van der Waals surface area (Å²) < 4.78 is 12.7. The fraction of sp³-hybridized carbons (Fsp3) is 0.714. The van der Waals surface area contributed by atoms with Gasteiger partial charge in [-0.1, -0.05) is 60.6 Å². The third kappa shape index (κ3) is 3.03. The van der Waals surface area contributed by atoms with Gasteiger partial charge in [-0.05, 0) is 42.1 Å². The molecule has 0 amide bonds. The van der Waals surface area contributed by atoms with Crippen molar-refractivity contribution in [1.82, 2.24) is 0 Å². The summed E-state index contributed by atoms with van der Waals surface area (Å²) in [6.45, 7) is 19.8. The zero-order valence-corrected chi connectivity index (χ0v) is 19.1. The SMILES string of the molecule is COC1(c2ccccc2O[Si](C)(C)C(C)(C)C)OOC1(C(C)C)C(C)C. The van der Waals surface area contributed by atoms with Crippen molar-refractivity contribution < 1.29 is 18.9 Å². The quantitative estimate of drug-likeness (QED) is 0.456. The van der Waals surface area contributed by atoms with Gasteiger partial charge in [0.1, 0.15) is 5.75 Å². The molecule has 1 unspecified atom stereocenters. The third-order valence-corrected chi connectivity index (χ3v) is 10.6. The Hall–Kier alpha value is -0.883. The summed E-state index contributed by atoms with van der Waals surface area (Å²) in [5.74, 6) is 0.262. The highest BCUT2D eigenvalue weighted by Crippen LogP contribution is 2.58. The average Bonchev–Trinajstić information content (AvgIpc) is 2.47. The van der Waals surface area contributed by atoms with Crippen LogP contribution in [0.15, 0.2) is 24.3 Å². The van der Waals surface area contributed by atoms with Crippen LogP contribution in [0, 0.1) is 11.8 Å². The van der Waals surface area contributed by atoms with E-state index in [0.29, 0.717) is 0 Å². The summed E-state index contributed by atoms with van der Waals surface area (Å²) in [6.07, 6.45) is 0. The van der Waals surface area contributed by atoms with Gasteiger partial charge in [0.05, 0.1) is 5.56 Å². The monoisotopic (exact) mass is 380 g/mol. The van der Waals surface area contributed by atoms with Gasteiger partial charge in [-0.15, -0.1) is 0 Å². The Bertz CT molecular complexity index is 621. The van der Waals surface area contributed by atoms with Crippen LogP contribution in [0.2, 0.25) is 18.1 Å². The topological polar surface area (TPSA) is 36.9 Å². The Labute approximate surface area is 160 Å². The number of para-hydroxylation sites is 1. The molecule has 1 fully saturated rings. The van der Waals surface area contributed by atoms with Crippen LogP contribution in [0.25, 0.3) is 0 Å². The molecular formula is C21H36O4Si. The van der Waals surface area contributed by atoms with Gasteiger partial charge in [-0.3, -0.25) is 0 Å². The van der Waals surface area contributed by atoms with Crippen molar-refractivity contribution in [2.75, 3.05) is 7.11 Å². The Morgan fingerprint density at radius 3 is 1.88 bits per heavy atom. The maximum absolute atomic E-state index is 6.66. The maximum atomic E-state index is 6.66. The largest absolute Gasteiger partial charge is 0.543 e. The highest BCUT2D eigenvalue weighted by Gasteiger charge is 2.70. The van der Waals surface area contributed by atoms with E-state index in [2.05, 4.69) is 61.6 Å². The van der Waals surface area contributed by atoms with Gasteiger partial charge in [-0.2, -0.15) is 4.89 Å². The standard InChI is InChI=1S/C21H36O4Si/c1-15(2)20(16(3)4)21(22-8,25-24-20)17-13-11-12-14-18(17)23-26(9,10)19(5,6)7/h11-16H,1-10H3. The molecule has 1 aliphatic heterocycles. The van der Waals surface area contributed by atoms with Crippen molar-refractivity contribution >= 4 is 8.32 Å². The van der Waals surface area contributed by atoms with Crippen molar-refractivity contribution in [3.63, 3.8) is 0 Å². The summed E-state index contributed by atoms with van der Waals surface area (Å²) in [7, 11) is -0.324. The van der Waals surface area contributed by atoms with Gasteiger partial charge in [-0.25, -0.2) is 4.89 Å². The lowest BCUT2D eigenvalue weighted by atomic mass is 9.70. The molecular weight excluding hydrogens is 344 g/mol. The van der Waals surface area contributed by atoms with Crippen LogP contribution in [-0.2, 0) is 20.3 Å². The van der Waals surface area contributed by atoms with Crippen molar-refractivity contribution in [1.29, 1.82) is 0 Å². The number of methoxy groups -OCH3 is 1. The molecule has 1 aliphatic rings. The van der Waals surface area contributed by atoms with E-state index in [4.69, 9.17) is 18.9 Å². The van der Waals surface area contributed by atoms with Gasteiger partial charge in [0, 0.05) is 7.11 Å². The minimum atomic E-state index is -2.01. The Morgan fingerprint density at radius 1 is 0.962 bits per heavy atom. The highest BCUT2D eigenvalue weighted by atomic mass is 28.4. The maximum Gasteiger partial charge on any atom is 0.264 e. The van der Waals surface area contributed by atoms with Crippen LogP contribution in [0.5, 0.6) is 5.75 Å². The average molecular weight is 381 g/mol. The van der Waals surface area contributed by atoms with Gasteiger partial charge in [0.2, 0.25) is 8.32 Å². The second-order valence-corrected chi connectivity index (χ2v) is 14.2. The van der Waals surface area contributed by atoms with Crippen LogP contribution in [0.1, 0.15) is 54.0 Å². The first-order valence-corrected chi connectivity index (χ1v) is 12.5. The van der Waals surface area contributed by atoms with E-state index < -0.39 is 19.7 Å². The molecule has 1 heterocycles. The fourth-order valence-corrected chi connectivity index (χ4v) is 4.68. The molecule has 0 radical (unpaired) electrons. The predicted molar refractivity (Wildman–Crippen MR) is 108 cm³/mol. The zero-order chi connectivity index (χ0) is 20.0. The molecule has 26 heavy (non-hydrogen) atoms. The summed E-state index contributed by atoms with van der Waals surface area (Å²) in [5.41, 5.74) is 0.329. The van der Waals surface area contributed by atoms with E-state index in [1.54, 1.807) is 7.11 Å². The molecule has 4 nitrogen and oxygen atoms in total. The number of hydrogen-bond acceptors (Lipinski definition) is 4.